The maximum Gasteiger partial charge on any atom is 0.310 e. The van der Waals surface area contributed by atoms with Gasteiger partial charge in [-0.2, -0.15) is 0 Å². The van der Waals surface area contributed by atoms with Gasteiger partial charge >= 0.3 is 5.97 Å². The lowest BCUT2D eigenvalue weighted by molar-refractivity contribution is -0.146. The summed E-state index contributed by atoms with van der Waals surface area (Å²) in [5.74, 6) is -0.830. The van der Waals surface area contributed by atoms with Crippen LogP contribution in [0.3, 0.4) is 0 Å². The number of likely N-dealkylation sites (N-methyl/N-ethyl adjacent to an activating group) is 1. The van der Waals surface area contributed by atoms with Crippen molar-refractivity contribution >= 4 is 11.9 Å². The van der Waals surface area contributed by atoms with Crippen molar-refractivity contribution in [3.8, 4) is 0 Å². The predicted molar refractivity (Wildman–Crippen MR) is 66.2 cm³/mol. The number of carbonyl (C=O) groups is 2. The van der Waals surface area contributed by atoms with Gasteiger partial charge < -0.3 is 15.4 Å². The Bertz CT molecular complexity index is 284. The van der Waals surface area contributed by atoms with Crippen molar-refractivity contribution in [1.82, 2.24) is 4.90 Å². The van der Waals surface area contributed by atoms with Crippen LogP contribution in [0.15, 0.2) is 0 Å². The Labute approximate surface area is 103 Å². The summed E-state index contributed by atoms with van der Waals surface area (Å²) in [6, 6.07) is -0.572. The SMILES string of the molecule is COC(=O)C(C)CN(C)C(=O)[C@@H](N)C(C)(C)C. The molecule has 2 atom stereocenters. The van der Waals surface area contributed by atoms with Crippen molar-refractivity contribution in [1.29, 1.82) is 0 Å². The predicted octanol–water partition coefficient (Wildman–Crippen LogP) is 0.627. The molecule has 0 heterocycles. The van der Waals surface area contributed by atoms with E-state index < -0.39 is 6.04 Å². The Morgan fingerprint density at radius 3 is 2.18 bits per heavy atom. The molecule has 0 aromatic carbocycles. The average molecular weight is 244 g/mol. The number of carbonyl (C=O) groups excluding carboxylic acids is 2. The maximum absolute atomic E-state index is 12.0. The molecule has 100 valence electrons. The molecular formula is C12H24N2O3. The minimum Gasteiger partial charge on any atom is -0.469 e. The Kier molecular flexibility index (Phi) is 5.61. The summed E-state index contributed by atoms with van der Waals surface area (Å²) in [5, 5.41) is 0. The van der Waals surface area contributed by atoms with Gasteiger partial charge in [0.2, 0.25) is 5.91 Å². The van der Waals surface area contributed by atoms with Crippen molar-refractivity contribution in [2.75, 3.05) is 20.7 Å². The molecule has 0 aliphatic carbocycles. The average Bonchev–Trinajstić information content (AvgIpc) is 2.24. The lowest BCUT2D eigenvalue weighted by Gasteiger charge is -2.30. The third-order valence-corrected chi connectivity index (χ3v) is 2.73. The highest BCUT2D eigenvalue weighted by Crippen LogP contribution is 2.19. The summed E-state index contributed by atoms with van der Waals surface area (Å²) < 4.78 is 4.61. The molecular weight excluding hydrogens is 220 g/mol. The number of nitrogens with two attached hydrogens (primary N) is 1. The molecule has 5 heteroatoms. The molecule has 0 bridgehead atoms. The van der Waals surface area contributed by atoms with Crippen molar-refractivity contribution in [3.05, 3.63) is 0 Å². The van der Waals surface area contributed by atoms with E-state index in [4.69, 9.17) is 5.73 Å². The third-order valence-electron chi connectivity index (χ3n) is 2.73. The molecule has 0 fully saturated rings. The molecule has 1 unspecified atom stereocenters. The van der Waals surface area contributed by atoms with Gasteiger partial charge in [-0.15, -0.1) is 0 Å². The van der Waals surface area contributed by atoms with Crippen molar-refractivity contribution in [2.45, 2.75) is 33.7 Å². The Morgan fingerprint density at radius 2 is 1.82 bits per heavy atom. The summed E-state index contributed by atoms with van der Waals surface area (Å²) in [6.45, 7) is 7.76. The normalized spacial score (nSPS) is 15.0. The molecule has 0 aromatic heterocycles. The van der Waals surface area contributed by atoms with Crippen LogP contribution in [0, 0.1) is 11.3 Å². The van der Waals surface area contributed by atoms with Gasteiger partial charge in [-0.3, -0.25) is 9.59 Å². The van der Waals surface area contributed by atoms with Gasteiger partial charge in [0.1, 0.15) is 0 Å². The van der Waals surface area contributed by atoms with Gasteiger partial charge in [0, 0.05) is 13.6 Å². The van der Waals surface area contributed by atoms with Crippen LogP contribution in [-0.2, 0) is 14.3 Å². The van der Waals surface area contributed by atoms with Crippen molar-refractivity contribution in [2.24, 2.45) is 17.1 Å². The number of hydrogen-bond donors (Lipinski definition) is 1. The van der Waals surface area contributed by atoms with Gasteiger partial charge in [-0.25, -0.2) is 0 Å². The van der Waals surface area contributed by atoms with Crippen LogP contribution in [0.5, 0.6) is 0 Å². The van der Waals surface area contributed by atoms with Crippen molar-refractivity contribution in [3.63, 3.8) is 0 Å². The van der Waals surface area contributed by atoms with Crippen LogP contribution < -0.4 is 5.73 Å². The first kappa shape index (κ1) is 15.9. The summed E-state index contributed by atoms with van der Waals surface area (Å²) in [5.41, 5.74) is 5.58. The van der Waals surface area contributed by atoms with Crippen molar-refractivity contribution < 1.29 is 14.3 Å². The van der Waals surface area contributed by atoms with Gasteiger partial charge in [0.15, 0.2) is 0 Å². The zero-order valence-electron chi connectivity index (χ0n) is 11.6. The molecule has 0 saturated heterocycles. The largest absolute Gasteiger partial charge is 0.469 e. The van der Waals surface area contributed by atoms with E-state index in [1.165, 1.54) is 12.0 Å². The van der Waals surface area contributed by atoms with Gasteiger partial charge in [-0.05, 0) is 5.41 Å². The molecule has 0 aliphatic rings. The molecule has 0 saturated carbocycles. The molecule has 0 aromatic rings. The fourth-order valence-corrected chi connectivity index (χ4v) is 1.38. The Morgan fingerprint density at radius 1 is 1.35 bits per heavy atom. The summed E-state index contributed by atoms with van der Waals surface area (Å²) in [6.07, 6.45) is 0. The second-order valence-corrected chi connectivity index (χ2v) is 5.49. The van der Waals surface area contributed by atoms with Gasteiger partial charge in [-0.1, -0.05) is 27.7 Å². The Hall–Kier alpha value is -1.10. The number of methoxy groups -OCH3 is 1. The van der Waals surface area contributed by atoms with Gasteiger partial charge in [0.05, 0.1) is 19.1 Å². The minimum absolute atomic E-state index is 0.159. The van der Waals surface area contributed by atoms with Crippen LogP contribution in [0.4, 0.5) is 0 Å². The molecule has 0 aliphatic heterocycles. The highest BCUT2D eigenvalue weighted by molar-refractivity contribution is 5.83. The molecule has 17 heavy (non-hydrogen) atoms. The fraction of sp³-hybridized carbons (Fsp3) is 0.833. The van der Waals surface area contributed by atoms with E-state index >= 15 is 0 Å². The first-order chi connectivity index (χ1) is 7.61. The number of nitrogens with zero attached hydrogens (tertiary/aromatic N) is 1. The minimum atomic E-state index is -0.572. The monoisotopic (exact) mass is 244 g/mol. The first-order valence-corrected chi connectivity index (χ1v) is 5.69. The highest BCUT2D eigenvalue weighted by atomic mass is 16.5. The van der Waals surface area contributed by atoms with Crippen LogP contribution >= 0.6 is 0 Å². The first-order valence-electron chi connectivity index (χ1n) is 5.69. The topological polar surface area (TPSA) is 72.6 Å². The van der Waals surface area contributed by atoms with Crippen LogP contribution in [-0.4, -0.2) is 43.5 Å². The molecule has 1 amide bonds. The maximum atomic E-state index is 12.0. The lowest BCUT2D eigenvalue weighted by Crippen LogP contribution is -2.50. The third kappa shape index (κ3) is 4.73. The number of ether oxygens (including phenoxy) is 1. The summed E-state index contributed by atoms with van der Waals surface area (Å²) >= 11 is 0. The van der Waals surface area contributed by atoms with E-state index in [2.05, 4.69) is 4.74 Å². The molecule has 0 radical (unpaired) electrons. The second-order valence-electron chi connectivity index (χ2n) is 5.49. The summed E-state index contributed by atoms with van der Waals surface area (Å²) in [4.78, 5) is 24.7. The number of esters is 1. The van der Waals surface area contributed by atoms with E-state index in [1.807, 2.05) is 20.8 Å². The van der Waals surface area contributed by atoms with Gasteiger partial charge in [0.25, 0.3) is 0 Å². The molecule has 0 rings (SSSR count). The standard InChI is InChI=1S/C12H24N2O3/c1-8(11(16)17-6)7-14(5)10(15)9(13)12(2,3)4/h8-9H,7,13H2,1-6H3/t8?,9-/m1/s1. The smallest absolute Gasteiger partial charge is 0.310 e. The van der Waals surface area contributed by atoms with Crippen LogP contribution in [0.2, 0.25) is 0 Å². The molecule has 2 N–H and O–H groups in total. The highest BCUT2D eigenvalue weighted by Gasteiger charge is 2.30. The molecule has 0 spiro atoms. The summed E-state index contributed by atoms with van der Waals surface area (Å²) in [7, 11) is 2.98. The number of rotatable bonds is 4. The van der Waals surface area contributed by atoms with E-state index in [9.17, 15) is 9.59 Å². The van der Waals surface area contributed by atoms with E-state index in [0.29, 0.717) is 6.54 Å². The quantitative estimate of drug-likeness (QED) is 0.736. The number of hydrogen-bond acceptors (Lipinski definition) is 4. The lowest BCUT2D eigenvalue weighted by atomic mass is 9.86. The molecule has 5 nitrogen and oxygen atoms in total. The van der Waals surface area contributed by atoms with E-state index in [-0.39, 0.29) is 23.2 Å². The van der Waals surface area contributed by atoms with Crippen LogP contribution in [0.1, 0.15) is 27.7 Å². The van der Waals surface area contributed by atoms with E-state index in [0.717, 1.165) is 0 Å². The number of amides is 1. The van der Waals surface area contributed by atoms with E-state index in [1.54, 1.807) is 14.0 Å². The van der Waals surface area contributed by atoms with Crippen LogP contribution in [0.25, 0.3) is 0 Å². The fourth-order valence-electron chi connectivity index (χ4n) is 1.38. The second kappa shape index (κ2) is 6.00. The zero-order chi connectivity index (χ0) is 13.8. The Balaban J connectivity index is 4.47. The zero-order valence-corrected chi connectivity index (χ0v) is 11.6.